The highest BCUT2D eigenvalue weighted by Crippen LogP contribution is 2.30. The first-order chi connectivity index (χ1) is 12.4. The Bertz CT molecular complexity index is 921. The van der Waals surface area contributed by atoms with Gasteiger partial charge >= 0.3 is 0 Å². The number of aliphatic imine (C=N–C) groups is 1. The van der Waals surface area contributed by atoms with Gasteiger partial charge in [0.05, 0.1) is 5.69 Å². The third-order valence-electron chi connectivity index (χ3n) is 4.24. The number of nitrogens with zero attached hydrogens (tertiary/aromatic N) is 3. The Kier molecular flexibility index (Phi) is 5.33. The molecule has 1 aliphatic carbocycles. The summed E-state index contributed by atoms with van der Waals surface area (Å²) >= 11 is 0. The van der Waals surface area contributed by atoms with E-state index in [4.69, 9.17) is 14.2 Å². The molecule has 1 aromatic carbocycles. The molecule has 1 fully saturated rings. The summed E-state index contributed by atoms with van der Waals surface area (Å²) in [6.45, 7) is 1.62. The number of aryl methyl sites for hydroxylation is 2. The number of rotatable bonds is 7. The molecular weight excluding hydrogens is 359 g/mol. The van der Waals surface area contributed by atoms with E-state index < -0.39 is 9.62 Å². The van der Waals surface area contributed by atoms with Crippen LogP contribution in [-0.4, -0.2) is 32.4 Å². The van der Waals surface area contributed by atoms with Crippen molar-refractivity contribution in [3.05, 3.63) is 41.0 Å². The Balaban J connectivity index is 1.74. The quantitative estimate of drug-likeness (QED) is 0.332. The SMILES string of the molecule is Cc1cc(N=C(NO)c2nonc2CCCS(=N)(=N)C2CC2)ccc1F. The molecule has 0 bridgehead atoms. The smallest absolute Gasteiger partial charge is 0.181 e. The summed E-state index contributed by atoms with van der Waals surface area (Å²) in [7, 11) is -2.05. The van der Waals surface area contributed by atoms with Crippen molar-refractivity contribution >= 4 is 21.1 Å². The highest BCUT2D eigenvalue weighted by Gasteiger charge is 2.29. The average Bonchev–Trinajstić information content (AvgIpc) is 3.37. The zero-order valence-corrected chi connectivity index (χ0v) is 15.1. The van der Waals surface area contributed by atoms with Crippen LogP contribution in [0, 0.1) is 22.3 Å². The summed E-state index contributed by atoms with van der Waals surface area (Å²) in [6.07, 6.45) is 3.07. The third kappa shape index (κ3) is 4.25. The van der Waals surface area contributed by atoms with Crippen LogP contribution < -0.4 is 5.48 Å². The molecule has 8 nitrogen and oxygen atoms in total. The standard InChI is InChI=1S/C16H21FN6O2S/c1-10-9-11(4-7-13(10)17)20-16(21-24)15-14(22-25-23-15)3-2-8-26(18,19)12-5-6-12/h4,7,9,12,18-19,24H,2-3,5-6,8H2,1H3,(H,20,21). The van der Waals surface area contributed by atoms with Gasteiger partial charge in [-0.2, -0.15) is 0 Å². The lowest BCUT2D eigenvalue weighted by molar-refractivity contribution is 0.234. The maximum Gasteiger partial charge on any atom is 0.181 e. The predicted molar refractivity (Wildman–Crippen MR) is 95.6 cm³/mol. The molecule has 0 amide bonds. The molecule has 140 valence electrons. The van der Waals surface area contributed by atoms with Gasteiger partial charge in [0.1, 0.15) is 11.5 Å². The van der Waals surface area contributed by atoms with Crippen molar-refractivity contribution in [2.24, 2.45) is 4.99 Å². The summed E-state index contributed by atoms with van der Waals surface area (Å²) in [5, 5.41) is 17.3. The lowest BCUT2D eigenvalue weighted by Gasteiger charge is -2.08. The first-order valence-electron chi connectivity index (χ1n) is 8.26. The highest BCUT2D eigenvalue weighted by atomic mass is 32.2. The fourth-order valence-electron chi connectivity index (χ4n) is 2.61. The van der Waals surface area contributed by atoms with Crippen LogP contribution in [0.25, 0.3) is 0 Å². The molecule has 2 aromatic rings. The molecule has 10 heteroatoms. The van der Waals surface area contributed by atoms with Crippen molar-refractivity contribution in [2.75, 3.05) is 5.75 Å². The molecule has 3 rings (SSSR count). The van der Waals surface area contributed by atoms with E-state index in [1.807, 2.05) is 5.48 Å². The van der Waals surface area contributed by atoms with Gasteiger partial charge in [-0.25, -0.2) is 14.0 Å². The van der Waals surface area contributed by atoms with Gasteiger partial charge in [0, 0.05) is 11.0 Å². The average molecular weight is 380 g/mol. The van der Waals surface area contributed by atoms with Crippen LogP contribution in [-0.2, 0) is 16.0 Å². The van der Waals surface area contributed by atoms with Crippen molar-refractivity contribution in [3.63, 3.8) is 0 Å². The van der Waals surface area contributed by atoms with Gasteiger partial charge < -0.3 is 0 Å². The minimum Gasteiger partial charge on any atom is -0.290 e. The summed E-state index contributed by atoms with van der Waals surface area (Å²) in [5.74, 6) is 0.226. The van der Waals surface area contributed by atoms with Crippen LogP contribution in [0.15, 0.2) is 27.8 Å². The van der Waals surface area contributed by atoms with Crippen molar-refractivity contribution in [3.8, 4) is 0 Å². The summed E-state index contributed by atoms with van der Waals surface area (Å²) < 4.78 is 34.4. The Morgan fingerprint density at radius 1 is 1.42 bits per heavy atom. The minimum absolute atomic E-state index is 0.0461. The molecule has 1 aliphatic rings. The number of halogens is 1. The second-order valence-electron chi connectivity index (χ2n) is 6.37. The van der Waals surface area contributed by atoms with Crippen LogP contribution >= 0.6 is 0 Å². The number of nitrogens with one attached hydrogen (secondary N) is 3. The fourth-order valence-corrected chi connectivity index (χ4v) is 4.49. The van der Waals surface area contributed by atoms with E-state index in [0.717, 1.165) is 12.8 Å². The lowest BCUT2D eigenvalue weighted by Crippen LogP contribution is -2.22. The second kappa shape index (κ2) is 7.50. The molecule has 1 saturated carbocycles. The van der Waals surface area contributed by atoms with Crippen molar-refractivity contribution in [1.29, 1.82) is 9.56 Å². The zero-order valence-electron chi connectivity index (χ0n) is 14.3. The van der Waals surface area contributed by atoms with Gasteiger partial charge in [0.15, 0.2) is 11.5 Å². The van der Waals surface area contributed by atoms with E-state index in [1.165, 1.54) is 12.1 Å². The van der Waals surface area contributed by atoms with Gasteiger partial charge in [-0.1, -0.05) is 14.8 Å². The van der Waals surface area contributed by atoms with Crippen LogP contribution in [0.3, 0.4) is 0 Å². The van der Waals surface area contributed by atoms with Crippen molar-refractivity contribution in [2.45, 2.75) is 37.9 Å². The summed E-state index contributed by atoms with van der Waals surface area (Å²) in [5.41, 5.74) is 3.63. The second-order valence-corrected chi connectivity index (χ2v) is 9.03. The molecule has 1 heterocycles. The molecule has 4 N–H and O–H groups in total. The first kappa shape index (κ1) is 18.5. The van der Waals surface area contributed by atoms with Crippen LogP contribution in [0.2, 0.25) is 0 Å². The van der Waals surface area contributed by atoms with Gasteiger partial charge in [-0.15, -0.1) is 0 Å². The fraction of sp³-hybridized carbons (Fsp3) is 0.438. The molecule has 0 atom stereocenters. The monoisotopic (exact) mass is 380 g/mol. The Morgan fingerprint density at radius 3 is 2.85 bits per heavy atom. The molecule has 0 spiro atoms. The lowest BCUT2D eigenvalue weighted by atomic mass is 10.2. The normalized spacial score (nSPS) is 15.3. The van der Waals surface area contributed by atoms with Gasteiger partial charge in [-0.3, -0.25) is 20.2 Å². The molecule has 26 heavy (non-hydrogen) atoms. The number of hydrogen-bond donors (Lipinski definition) is 4. The van der Waals surface area contributed by atoms with Crippen LogP contribution in [0.4, 0.5) is 10.1 Å². The Morgan fingerprint density at radius 2 is 2.19 bits per heavy atom. The van der Waals surface area contributed by atoms with E-state index in [1.54, 1.807) is 13.0 Å². The molecule has 0 saturated heterocycles. The first-order valence-corrected chi connectivity index (χ1v) is 10.1. The number of benzene rings is 1. The summed E-state index contributed by atoms with van der Waals surface area (Å²) in [4.78, 5) is 4.23. The molecule has 0 unspecified atom stereocenters. The number of amidine groups is 1. The molecule has 0 radical (unpaired) electrons. The van der Waals surface area contributed by atoms with Gasteiger partial charge in [0.2, 0.25) is 0 Å². The molecular formula is C16H21FN6O2S. The van der Waals surface area contributed by atoms with E-state index >= 15 is 0 Å². The topological polar surface area (TPSA) is 131 Å². The third-order valence-corrected chi connectivity index (χ3v) is 6.78. The minimum atomic E-state index is -2.05. The van der Waals surface area contributed by atoms with E-state index in [0.29, 0.717) is 35.5 Å². The Hall–Kier alpha value is -2.33. The van der Waals surface area contributed by atoms with Crippen molar-refractivity contribution in [1.82, 2.24) is 15.8 Å². The van der Waals surface area contributed by atoms with Crippen molar-refractivity contribution < 1.29 is 14.2 Å². The molecule has 1 aromatic heterocycles. The highest BCUT2D eigenvalue weighted by molar-refractivity contribution is 7.94. The number of aromatic nitrogens is 2. The van der Waals surface area contributed by atoms with E-state index in [9.17, 15) is 9.60 Å². The zero-order chi connectivity index (χ0) is 18.7. The maximum absolute atomic E-state index is 13.4. The Labute approximate surface area is 150 Å². The molecule has 0 aliphatic heterocycles. The summed E-state index contributed by atoms with van der Waals surface area (Å²) in [6, 6.07) is 4.33. The largest absolute Gasteiger partial charge is 0.290 e. The van der Waals surface area contributed by atoms with E-state index in [2.05, 4.69) is 15.3 Å². The number of hydrogen-bond acceptors (Lipinski definition) is 7. The maximum atomic E-state index is 13.4. The van der Waals surface area contributed by atoms with Crippen LogP contribution in [0.5, 0.6) is 0 Å². The predicted octanol–water partition coefficient (Wildman–Crippen LogP) is 3.35. The van der Waals surface area contributed by atoms with Gasteiger partial charge in [-0.05, 0) is 61.5 Å². The van der Waals surface area contributed by atoms with E-state index in [-0.39, 0.29) is 22.6 Å². The number of hydroxylamine groups is 1. The van der Waals surface area contributed by atoms with Crippen LogP contribution in [0.1, 0.15) is 36.2 Å². The van der Waals surface area contributed by atoms with Gasteiger partial charge in [0.25, 0.3) is 0 Å².